The lowest BCUT2D eigenvalue weighted by Gasteiger charge is -2.29. The fourth-order valence-corrected chi connectivity index (χ4v) is 3.53. The predicted molar refractivity (Wildman–Crippen MR) is 94.6 cm³/mol. The lowest BCUT2D eigenvalue weighted by atomic mass is 9.84. The van der Waals surface area contributed by atoms with E-state index in [9.17, 15) is 9.90 Å². The first-order valence-corrected chi connectivity index (χ1v) is 9.00. The third kappa shape index (κ3) is 3.45. The van der Waals surface area contributed by atoms with Crippen molar-refractivity contribution >= 4 is 5.91 Å². The fraction of sp³-hybridized carbons (Fsp3) is 0.474. The molecule has 1 aliphatic heterocycles. The molecule has 6 heteroatoms. The number of hydrogen-bond acceptors (Lipinski definition) is 4. The zero-order valence-corrected chi connectivity index (χ0v) is 14.2. The number of aliphatic hydroxyl groups excluding tert-OH is 1. The molecule has 2 aliphatic rings. The summed E-state index contributed by atoms with van der Waals surface area (Å²) in [6.07, 6.45) is 2.64. The summed E-state index contributed by atoms with van der Waals surface area (Å²) in [5.74, 6) is 0.398. The number of hydrogen-bond donors (Lipinski definition) is 3. The summed E-state index contributed by atoms with van der Waals surface area (Å²) in [5.41, 5.74) is 2.95. The summed E-state index contributed by atoms with van der Waals surface area (Å²) in [5, 5.41) is 21.0. The van der Waals surface area contributed by atoms with Crippen molar-refractivity contribution in [1.82, 2.24) is 20.4 Å². The van der Waals surface area contributed by atoms with Gasteiger partial charge in [0.2, 0.25) is 5.91 Å². The van der Waals surface area contributed by atoms with Gasteiger partial charge in [0.1, 0.15) is 0 Å². The third-order valence-electron chi connectivity index (χ3n) is 5.31. The first-order valence-electron chi connectivity index (χ1n) is 9.00. The summed E-state index contributed by atoms with van der Waals surface area (Å²) in [7, 11) is 0. The van der Waals surface area contributed by atoms with E-state index < -0.39 is 6.10 Å². The molecule has 1 aromatic carbocycles. The van der Waals surface area contributed by atoms with Crippen LogP contribution < -0.4 is 5.32 Å². The van der Waals surface area contributed by atoms with E-state index in [1.807, 2.05) is 41.3 Å². The number of nitrogens with one attached hydrogen (secondary N) is 2. The summed E-state index contributed by atoms with van der Waals surface area (Å²) < 4.78 is 0. The predicted octanol–water partition coefficient (Wildman–Crippen LogP) is 1.54. The molecule has 3 N–H and O–H groups in total. The third-order valence-corrected chi connectivity index (χ3v) is 5.31. The molecule has 0 bridgehead atoms. The van der Waals surface area contributed by atoms with Gasteiger partial charge in [0.15, 0.2) is 0 Å². The molecule has 0 radical (unpaired) electrons. The van der Waals surface area contributed by atoms with Gasteiger partial charge >= 0.3 is 0 Å². The molecule has 1 saturated carbocycles. The molecular formula is C19H24N4O2. The Bertz CT molecular complexity index is 726. The van der Waals surface area contributed by atoms with E-state index in [1.165, 1.54) is 0 Å². The Hall–Kier alpha value is -2.18. The van der Waals surface area contributed by atoms with Gasteiger partial charge in [-0.25, -0.2) is 0 Å². The highest BCUT2D eigenvalue weighted by Gasteiger charge is 2.37. The molecule has 2 aromatic rings. The van der Waals surface area contributed by atoms with Crippen LogP contribution in [0.4, 0.5) is 0 Å². The molecule has 2 heterocycles. The first kappa shape index (κ1) is 16.3. The van der Waals surface area contributed by atoms with Crippen LogP contribution in [-0.2, 0) is 11.3 Å². The largest absolute Gasteiger partial charge is 0.390 e. The highest BCUT2D eigenvalue weighted by Crippen LogP contribution is 2.29. The molecule has 132 valence electrons. The number of carbonyl (C=O) groups is 1. The van der Waals surface area contributed by atoms with Crippen molar-refractivity contribution in [3.63, 3.8) is 0 Å². The van der Waals surface area contributed by atoms with Crippen LogP contribution in [-0.4, -0.2) is 51.3 Å². The maximum atomic E-state index is 12.3. The van der Waals surface area contributed by atoms with Crippen LogP contribution in [0.1, 0.15) is 25.0 Å². The molecule has 0 spiro atoms. The second kappa shape index (κ2) is 6.98. The molecular weight excluding hydrogens is 316 g/mol. The number of H-pyrrole nitrogens is 1. The molecule has 4 rings (SSSR count). The molecule has 1 aromatic heterocycles. The van der Waals surface area contributed by atoms with E-state index in [4.69, 9.17) is 0 Å². The van der Waals surface area contributed by atoms with E-state index in [2.05, 4.69) is 15.5 Å². The zero-order valence-electron chi connectivity index (χ0n) is 14.2. The minimum atomic E-state index is -0.513. The molecule has 0 unspecified atom stereocenters. The van der Waals surface area contributed by atoms with E-state index in [-0.39, 0.29) is 17.9 Å². The maximum absolute atomic E-state index is 12.3. The van der Waals surface area contributed by atoms with Crippen molar-refractivity contribution < 1.29 is 9.90 Å². The molecule has 1 aliphatic carbocycles. The van der Waals surface area contributed by atoms with Crippen LogP contribution in [0.3, 0.4) is 0 Å². The number of amides is 1. The number of rotatable bonds is 5. The lowest BCUT2D eigenvalue weighted by molar-refractivity contribution is -0.137. The maximum Gasteiger partial charge on any atom is 0.225 e. The van der Waals surface area contributed by atoms with Gasteiger partial charge in [-0.2, -0.15) is 5.10 Å². The number of aromatic nitrogens is 2. The van der Waals surface area contributed by atoms with Gasteiger partial charge in [-0.05, 0) is 18.9 Å². The SMILES string of the molecule is O=C(C1CCC1)N1C[C@@H](O)[C@H](NCc2cc(-c3ccccc3)n[nH]2)C1. The highest BCUT2D eigenvalue weighted by molar-refractivity contribution is 5.80. The number of β-amino-alcohol motifs (C(OH)–C–C–N with tert-alkyl or cyclic N) is 1. The van der Waals surface area contributed by atoms with Gasteiger partial charge in [0.05, 0.1) is 17.8 Å². The molecule has 2 atom stereocenters. The second-order valence-electron chi connectivity index (χ2n) is 7.07. The number of nitrogens with zero attached hydrogens (tertiary/aromatic N) is 2. The zero-order chi connectivity index (χ0) is 17.2. The van der Waals surface area contributed by atoms with Crippen LogP contribution in [0, 0.1) is 5.92 Å². The number of carbonyl (C=O) groups excluding carboxylic acids is 1. The van der Waals surface area contributed by atoms with Crippen LogP contribution in [0.15, 0.2) is 36.4 Å². The van der Waals surface area contributed by atoms with E-state index in [0.29, 0.717) is 19.6 Å². The highest BCUT2D eigenvalue weighted by atomic mass is 16.3. The molecule has 2 fully saturated rings. The van der Waals surface area contributed by atoms with Gasteiger partial charge in [0.25, 0.3) is 0 Å². The van der Waals surface area contributed by atoms with Crippen molar-refractivity contribution in [3.8, 4) is 11.3 Å². The van der Waals surface area contributed by atoms with Gasteiger partial charge in [-0.1, -0.05) is 36.8 Å². The molecule has 6 nitrogen and oxygen atoms in total. The smallest absolute Gasteiger partial charge is 0.225 e. The van der Waals surface area contributed by atoms with Crippen LogP contribution in [0.2, 0.25) is 0 Å². The van der Waals surface area contributed by atoms with Crippen LogP contribution in [0.5, 0.6) is 0 Å². The quantitative estimate of drug-likeness (QED) is 0.771. The molecule has 25 heavy (non-hydrogen) atoms. The summed E-state index contributed by atoms with van der Waals surface area (Å²) in [6.45, 7) is 1.61. The van der Waals surface area contributed by atoms with Crippen molar-refractivity contribution in [2.75, 3.05) is 13.1 Å². The number of aromatic amines is 1. The normalized spacial score (nSPS) is 23.6. The minimum absolute atomic E-state index is 0.0903. The van der Waals surface area contributed by atoms with Crippen LogP contribution >= 0.6 is 0 Å². The Morgan fingerprint density at radius 2 is 2.08 bits per heavy atom. The molecule has 1 saturated heterocycles. The van der Waals surface area contributed by atoms with E-state index in [0.717, 1.165) is 36.2 Å². The number of likely N-dealkylation sites (tertiary alicyclic amines) is 1. The van der Waals surface area contributed by atoms with Gasteiger partial charge in [0, 0.05) is 36.8 Å². The fourth-order valence-electron chi connectivity index (χ4n) is 3.53. The van der Waals surface area contributed by atoms with Crippen molar-refractivity contribution in [2.24, 2.45) is 5.92 Å². The van der Waals surface area contributed by atoms with Gasteiger partial charge in [-0.15, -0.1) is 0 Å². The Labute approximate surface area is 147 Å². The number of benzene rings is 1. The van der Waals surface area contributed by atoms with Crippen LogP contribution in [0.25, 0.3) is 11.3 Å². The van der Waals surface area contributed by atoms with Crippen molar-refractivity contribution in [1.29, 1.82) is 0 Å². The van der Waals surface area contributed by atoms with Crippen molar-refractivity contribution in [3.05, 3.63) is 42.1 Å². The average Bonchev–Trinajstić information content (AvgIpc) is 3.19. The Kier molecular flexibility index (Phi) is 4.55. The second-order valence-corrected chi connectivity index (χ2v) is 7.07. The molecule has 1 amide bonds. The lowest BCUT2D eigenvalue weighted by Crippen LogP contribution is -2.40. The topological polar surface area (TPSA) is 81.2 Å². The van der Waals surface area contributed by atoms with Gasteiger partial charge < -0.3 is 15.3 Å². The summed E-state index contributed by atoms with van der Waals surface area (Å²) >= 11 is 0. The Balaban J connectivity index is 1.32. The Morgan fingerprint density at radius 1 is 1.28 bits per heavy atom. The number of aliphatic hydroxyl groups is 1. The minimum Gasteiger partial charge on any atom is -0.390 e. The van der Waals surface area contributed by atoms with E-state index in [1.54, 1.807) is 0 Å². The average molecular weight is 340 g/mol. The summed E-state index contributed by atoms with van der Waals surface area (Å²) in [4.78, 5) is 14.1. The standard InChI is InChI=1S/C19H24N4O2/c24-18-12-23(19(25)14-7-4-8-14)11-17(18)20-10-15-9-16(22-21-15)13-5-2-1-3-6-13/h1-3,5-6,9,14,17-18,20,24H,4,7-8,10-12H2,(H,21,22)/t17-,18-/m1/s1. The first-order chi connectivity index (χ1) is 12.2. The summed E-state index contributed by atoms with van der Waals surface area (Å²) in [6, 6.07) is 11.9. The van der Waals surface area contributed by atoms with E-state index >= 15 is 0 Å². The Morgan fingerprint density at radius 3 is 2.80 bits per heavy atom. The monoisotopic (exact) mass is 340 g/mol. The van der Waals surface area contributed by atoms with Gasteiger partial charge in [-0.3, -0.25) is 9.89 Å². The van der Waals surface area contributed by atoms with Crippen molar-refractivity contribution in [2.45, 2.75) is 38.0 Å².